The second-order valence-electron chi connectivity index (χ2n) is 6.64. The van der Waals surface area contributed by atoms with E-state index in [4.69, 9.17) is 0 Å². The lowest BCUT2D eigenvalue weighted by molar-refractivity contribution is -0.151. The van der Waals surface area contributed by atoms with Crippen molar-refractivity contribution >= 4 is 35.2 Å². The number of carbonyl (C=O) groups excluding carboxylic acids is 2. The van der Waals surface area contributed by atoms with Gasteiger partial charge in [0.1, 0.15) is 6.04 Å². The van der Waals surface area contributed by atoms with E-state index >= 15 is 0 Å². The van der Waals surface area contributed by atoms with Crippen LogP contribution in [0, 0.1) is 0 Å². The van der Waals surface area contributed by atoms with Crippen LogP contribution in [0.2, 0.25) is 0 Å². The highest BCUT2D eigenvalue weighted by Crippen LogP contribution is 2.37. The predicted octanol–water partition coefficient (Wildman–Crippen LogP) is 2.53. The molecule has 0 bridgehead atoms. The average molecular weight is 382 g/mol. The van der Waals surface area contributed by atoms with Gasteiger partial charge in [-0.15, -0.1) is 11.8 Å². The predicted molar refractivity (Wildman–Crippen MR) is 101 cm³/mol. The molecule has 0 saturated carbocycles. The number of nitrogens with zero attached hydrogens (tertiary/aromatic N) is 1. The first-order valence-corrected chi connectivity index (χ1v) is 9.56. The largest absolute Gasteiger partial charge is 0.480 e. The second kappa shape index (κ2) is 7.08. The van der Waals surface area contributed by atoms with Crippen molar-refractivity contribution < 1.29 is 19.5 Å². The normalized spacial score (nSPS) is 21.0. The number of anilines is 1. The monoisotopic (exact) mass is 382 g/mol. The van der Waals surface area contributed by atoms with Gasteiger partial charge in [-0.3, -0.25) is 9.59 Å². The molecule has 2 aliphatic heterocycles. The van der Waals surface area contributed by atoms with E-state index in [9.17, 15) is 19.5 Å². The van der Waals surface area contributed by atoms with Crippen molar-refractivity contribution in [2.75, 3.05) is 5.32 Å². The van der Waals surface area contributed by atoms with Gasteiger partial charge < -0.3 is 15.3 Å². The molecule has 0 spiro atoms. The van der Waals surface area contributed by atoms with E-state index in [1.54, 1.807) is 0 Å². The molecule has 4 rings (SSSR count). The molecule has 7 heteroatoms. The zero-order valence-electron chi connectivity index (χ0n) is 14.4. The van der Waals surface area contributed by atoms with Crippen molar-refractivity contribution in [3.8, 4) is 0 Å². The zero-order valence-corrected chi connectivity index (χ0v) is 15.2. The molecule has 2 aromatic carbocycles. The van der Waals surface area contributed by atoms with Gasteiger partial charge in [-0.05, 0) is 23.3 Å². The SMILES string of the molecule is O=C1Nc2ccccc2S[C@H]1CC(=O)N1Cc2ccccc2C[C@@H]1C(=O)O. The standard InChI is InChI=1S/C20H18N2O4S/c23-18(10-17-19(24)21-14-7-3-4-8-16(14)27-17)22-11-13-6-2-1-5-12(13)9-15(22)20(25)26/h1-8,15,17H,9-11H2,(H,21,24)(H,25,26)/t15-,17+/m1/s1. The van der Waals surface area contributed by atoms with Gasteiger partial charge in [0.2, 0.25) is 11.8 Å². The Bertz CT molecular complexity index is 930. The summed E-state index contributed by atoms with van der Waals surface area (Å²) < 4.78 is 0. The number of carboxylic acid groups (broad SMARTS) is 1. The molecule has 138 valence electrons. The van der Waals surface area contributed by atoms with Crippen molar-refractivity contribution in [2.24, 2.45) is 0 Å². The van der Waals surface area contributed by atoms with E-state index in [2.05, 4.69) is 5.32 Å². The second-order valence-corrected chi connectivity index (χ2v) is 7.89. The molecule has 2 amide bonds. The van der Waals surface area contributed by atoms with Gasteiger partial charge in [0.05, 0.1) is 10.9 Å². The Hall–Kier alpha value is -2.80. The van der Waals surface area contributed by atoms with Crippen LogP contribution in [0.3, 0.4) is 0 Å². The Morgan fingerprint density at radius 1 is 1.11 bits per heavy atom. The Kier molecular flexibility index (Phi) is 4.61. The van der Waals surface area contributed by atoms with Crippen LogP contribution in [-0.4, -0.2) is 39.1 Å². The van der Waals surface area contributed by atoms with Crippen LogP contribution in [0.4, 0.5) is 5.69 Å². The van der Waals surface area contributed by atoms with Gasteiger partial charge in [0.15, 0.2) is 0 Å². The topological polar surface area (TPSA) is 86.7 Å². The minimum atomic E-state index is -1.02. The van der Waals surface area contributed by atoms with Gasteiger partial charge in [0.25, 0.3) is 0 Å². The fourth-order valence-corrected chi connectivity index (χ4v) is 4.61. The molecule has 6 nitrogen and oxygen atoms in total. The maximum absolute atomic E-state index is 12.9. The minimum absolute atomic E-state index is 0.0310. The van der Waals surface area contributed by atoms with Gasteiger partial charge in [-0.2, -0.15) is 0 Å². The van der Waals surface area contributed by atoms with E-state index in [1.807, 2.05) is 48.5 Å². The maximum Gasteiger partial charge on any atom is 0.326 e. The molecule has 0 fully saturated rings. The van der Waals surface area contributed by atoms with Gasteiger partial charge in [0, 0.05) is 24.3 Å². The molecule has 0 saturated heterocycles. The third kappa shape index (κ3) is 3.42. The number of benzene rings is 2. The maximum atomic E-state index is 12.9. The first-order chi connectivity index (χ1) is 13.0. The van der Waals surface area contributed by atoms with Crippen molar-refractivity contribution in [3.63, 3.8) is 0 Å². The summed E-state index contributed by atoms with van der Waals surface area (Å²) in [4.78, 5) is 39.3. The number of para-hydroxylation sites is 1. The van der Waals surface area contributed by atoms with Gasteiger partial charge >= 0.3 is 5.97 Å². The number of aliphatic carboxylic acids is 1. The van der Waals surface area contributed by atoms with Crippen LogP contribution >= 0.6 is 11.8 Å². The molecular formula is C20H18N2O4S. The van der Waals surface area contributed by atoms with Crippen LogP contribution in [-0.2, 0) is 27.3 Å². The van der Waals surface area contributed by atoms with E-state index in [1.165, 1.54) is 16.7 Å². The Morgan fingerprint density at radius 3 is 2.59 bits per heavy atom. The molecule has 27 heavy (non-hydrogen) atoms. The molecule has 2 heterocycles. The molecule has 0 aromatic heterocycles. The molecule has 2 N–H and O–H groups in total. The molecule has 0 unspecified atom stereocenters. The Labute approximate surface area is 160 Å². The molecule has 2 aliphatic rings. The van der Waals surface area contributed by atoms with E-state index in [0.29, 0.717) is 0 Å². The Balaban J connectivity index is 1.53. The van der Waals surface area contributed by atoms with Crippen molar-refractivity contribution in [1.29, 1.82) is 0 Å². The summed E-state index contributed by atoms with van der Waals surface area (Å²) in [6.45, 7) is 0.252. The third-order valence-electron chi connectivity index (χ3n) is 4.92. The van der Waals surface area contributed by atoms with Crippen molar-refractivity contribution in [1.82, 2.24) is 4.90 Å². The lowest BCUT2D eigenvalue weighted by Crippen LogP contribution is -2.49. The third-order valence-corrected chi connectivity index (χ3v) is 6.20. The van der Waals surface area contributed by atoms with E-state index < -0.39 is 17.3 Å². The number of carbonyl (C=O) groups is 3. The van der Waals surface area contributed by atoms with E-state index in [-0.39, 0.29) is 31.2 Å². The summed E-state index contributed by atoms with van der Waals surface area (Å²) in [7, 11) is 0. The first kappa shape index (κ1) is 17.6. The fourth-order valence-electron chi connectivity index (χ4n) is 3.51. The molecular weight excluding hydrogens is 364 g/mol. The number of rotatable bonds is 3. The summed E-state index contributed by atoms with van der Waals surface area (Å²) in [6, 6.07) is 14.1. The van der Waals surface area contributed by atoms with Crippen LogP contribution < -0.4 is 5.32 Å². The summed E-state index contributed by atoms with van der Waals surface area (Å²) in [5, 5.41) is 11.8. The summed E-state index contributed by atoms with van der Waals surface area (Å²) in [5.74, 6) is -1.57. The molecule has 2 atom stereocenters. The smallest absolute Gasteiger partial charge is 0.326 e. The van der Waals surface area contributed by atoms with Crippen LogP contribution in [0.15, 0.2) is 53.4 Å². The van der Waals surface area contributed by atoms with Crippen LogP contribution in [0.5, 0.6) is 0 Å². The van der Waals surface area contributed by atoms with Crippen molar-refractivity contribution in [2.45, 2.75) is 35.6 Å². The number of thioether (sulfide) groups is 1. The highest BCUT2D eigenvalue weighted by atomic mass is 32.2. The fraction of sp³-hybridized carbons (Fsp3) is 0.250. The van der Waals surface area contributed by atoms with Crippen LogP contribution in [0.25, 0.3) is 0 Å². The summed E-state index contributed by atoms with van der Waals surface area (Å²) in [5.41, 5.74) is 2.65. The van der Waals surface area contributed by atoms with Crippen molar-refractivity contribution in [3.05, 3.63) is 59.7 Å². The number of carboxylic acids is 1. The van der Waals surface area contributed by atoms with E-state index in [0.717, 1.165) is 21.7 Å². The highest BCUT2D eigenvalue weighted by Gasteiger charge is 2.37. The average Bonchev–Trinajstić information content (AvgIpc) is 2.67. The lowest BCUT2D eigenvalue weighted by atomic mass is 9.93. The van der Waals surface area contributed by atoms with Gasteiger partial charge in [-0.25, -0.2) is 4.79 Å². The minimum Gasteiger partial charge on any atom is -0.480 e. The zero-order chi connectivity index (χ0) is 19.0. The van der Waals surface area contributed by atoms with Gasteiger partial charge in [-0.1, -0.05) is 36.4 Å². The number of hydrogen-bond acceptors (Lipinski definition) is 4. The highest BCUT2D eigenvalue weighted by molar-refractivity contribution is 8.01. The Morgan fingerprint density at radius 2 is 1.81 bits per heavy atom. The molecule has 2 aromatic rings. The number of fused-ring (bicyclic) bond motifs is 2. The summed E-state index contributed by atoms with van der Waals surface area (Å²) >= 11 is 1.35. The van der Waals surface area contributed by atoms with Crippen LogP contribution in [0.1, 0.15) is 17.5 Å². The molecule has 0 radical (unpaired) electrons. The first-order valence-electron chi connectivity index (χ1n) is 8.68. The quantitative estimate of drug-likeness (QED) is 0.852. The summed E-state index contributed by atoms with van der Waals surface area (Å²) in [6.07, 6.45) is 0.251. The molecule has 0 aliphatic carbocycles. The number of amides is 2. The number of nitrogens with one attached hydrogen (secondary N) is 1. The number of hydrogen-bond donors (Lipinski definition) is 2. The lowest BCUT2D eigenvalue weighted by Gasteiger charge is -2.35.